The molecule has 0 bridgehead atoms. The highest BCUT2D eigenvalue weighted by molar-refractivity contribution is 6.68. The molecular formula is C14H15ClN2O. The smallest absolute Gasteiger partial charge is 0.256 e. The van der Waals surface area contributed by atoms with Crippen molar-refractivity contribution in [3.8, 4) is 0 Å². The summed E-state index contributed by atoms with van der Waals surface area (Å²) in [5.41, 5.74) is 3.60. The van der Waals surface area contributed by atoms with Gasteiger partial charge in [-0.25, -0.2) is 4.98 Å². The zero-order valence-electron chi connectivity index (χ0n) is 10.9. The molecule has 2 rings (SSSR count). The Kier molecular flexibility index (Phi) is 3.26. The van der Waals surface area contributed by atoms with Gasteiger partial charge in [0.1, 0.15) is 5.82 Å². The van der Waals surface area contributed by atoms with Crippen molar-refractivity contribution in [2.45, 2.75) is 13.8 Å². The minimum Gasteiger partial charge on any atom is -0.362 e. The lowest BCUT2D eigenvalue weighted by Gasteiger charge is -2.16. The highest BCUT2D eigenvalue weighted by atomic mass is 35.5. The van der Waals surface area contributed by atoms with Crippen LogP contribution in [0.25, 0.3) is 10.9 Å². The molecule has 0 saturated heterocycles. The van der Waals surface area contributed by atoms with Gasteiger partial charge in [0.15, 0.2) is 0 Å². The van der Waals surface area contributed by atoms with Gasteiger partial charge in [-0.05, 0) is 43.1 Å². The lowest BCUT2D eigenvalue weighted by molar-refractivity contribution is 0.108. The number of anilines is 1. The van der Waals surface area contributed by atoms with E-state index >= 15 is 0 Å². The molecule has 1 heterocycles. The Bertz CT molecular complexity index is 635. The molecule has 2 aromatic rings. The predicted octanol–water partition coefficient (Wildman–Crippen LogP) is 3.30. The Balaban J connectivity index is 2.84. The Hall–Kier alpha value is -1.61. The van der Waals surface area contributed by atoms with Crippen molar-refractivity contribution >= 4 is 33.6 Å². The number of aromatic nitrogens is 1. The van der Waals surface area contributed by atoms with Gasteiger partial charge in [0.2, 0.25) is 0 Å². The molecule has 4 heteroatoms. The van der Waals surface area contributed by atoms with Crippen molar-refractivity contribution in [2.24, 2.45) is 0 Å². The monoisotopic (exact) mass is 262 g/mol. The van der Waals surface area contributed by atoms with Gasteiger partial charge in [0, 0.05) is 19.5 Å². The number of pyridine rings is 1. The van der Waals surface area contributed by atoms with Crippen molar-refractivity contribution in [3.05, 3.63) is 34.9 Å². The normalized spacial score (nSPS) is 10.7. The molecule has 1 aromatic carbocycles. The third-order valence-electron chi connectivity index (χ3n) is 2.87. The zero-order valence-corrected chi connectivity index (χ0v) is 11.7. The highest BCUT2D eigenvalue weighted by Gasteiger charge is 2.15. The lowest BCUT2D eigenvalue weighted by Crippen LogP contribution is -2.14. The number of carbonyl (C=O) groups excluding carboxylic acids is 1. The molecule has 0 amide bonds. The number of benzene rings is 1. The maximum Gasteiger partial charge on any atom is 0.256 e. The van der Waals surface area contributed by atoms with Crippen LogP contribution in [0.15, 0.2) is 18.2 Å². The van der Waals surface area contributed by atoms with Gasteiger partial charge >= 0.3 is 0 Å². The van der Waals surface area contributed by atoms with Crippen molar-refractivity contribution in [3.63, 3.8) is 0 Å². The third-order valence-corrected chi connectivity index (χ3v) is 3.07. The van der Waals surface area contributed by atoms with Crippen LogP contribution in [-0.2, 0) is 0 Å². The molecule has 0 aliphatic carbocycles. The molecule has 1 aromatic heterocycles. The van der Waals surface area contributed by atoms with Gasteiger partial charge in [-0.1, -0.05) is 11.6 Å². The molecule has 0 radical (unpaired) electrons. The lowest BCUT2D eigenvalue weighted by atomic mass is 10.0. The number of halogens is 1. The number of carbonyl (C=O) groups is 1. The van der Waals surface area contributed by atoms with Crippen LogP contribution in [-0.4, -0.2) is 24.3 Å². The standard InChI is InChI=1S/C14H15ClN2O/c1-8-5-9(2)12-10(6-8)7-11(13(15)18)14(16-12)17(3)4/h5-7H,1-4H3. The summed E-state index contributed by atoms with van der Waals surface area (Å²) in [5, 5.41) is 0.467. The Labute approximate surface area is 111 Å². The zero-order chi connectivity index (χ0) is 13.4. The number of nitrogens with zero attached hydrogens (tertiary/aromatic N) is 2. The maximum atomic E-state index is 11.5. The Morgan fingerprint density at radius 2 is 1.89 bits per heavy atom. The molecule has 0 atom stereocenters. The average molecular weight is 263 g/mol. The Morgan fingerprint density at radius 3 is 2.44 bits per heavy atom. The first-order chi connectivity index (χ1) is 8.40. The molecule has 0 saturated carbocycles. The fraction of sp³-hybridized carbons (Fsp3) is 0.286. The van der Waals surface area contributed by atoms with Gasteiger partial charge < -0.3 is 4.90 Å². The fourth-order valence-electron chi connectivity index (χ4n) is 2.13. The first-order valence-corrected chi connectivity index (χ1v) is 6.07. The van der Waals surface area contributed by atoms with Crippen molar-refractivity contribution in [1.29, 1.82) is 0 Å². The van der Waals surface area contributed by atoms with E-state index in [9.17, 15) is 4.79 Å². The van der Waals surface area contributed by atoms with E-state index in [4.69, 9.17) is 11.6 Å². The quantitative estimate of drug-likeness (QED) is 0.779. The first kappa shape index (κ1) is 12.8. The van der Waals surface area contributed by atoms with Gasteiger partial charge in [-0.3, -0.25) is 4.79 Å². The summed E-state index contributed by atoms with van der Waals surface area (Å²) in [6.07, 6.45) is 0. The Morgan fingerprint density at radius 1 is 1.22 bits per heavy atom. The third kappa shape index (κ3) is 2.18. The van der Waals surface area contributed by atoms with Crippen LogP contribution in [0.1, 0.15) is 21.5 Å². The van der Waals surface area contributed by atoms with E-state index < -0.39 is 5.24 Å². The van der Waals surface area contributed by atoms with Crippen LogP contribution in [0.3, 0.4) is 0 Å². The number of fused-ring (bicyclic) bond motifs is 1. The van der Waals surface area contributed by atoms with Crippen LogP contribution in [0.5, 0.6) is 0 Å². The molecule has 0 unspecified atom stereocenters. The second-order valence-corrected chi connectivity index (χ2v) is 5.02. The number of rotatable bonds is 2. The molecule has 0 spiro atoms. The summed E-state index contributed by atoms with van der Waals surface area (Å²) >= 11 is 5.63. The van der Waals surface area contributed by atoms with Crippen molar-refractivity contribution < 1.29 is 4.79 Å². The highest BCUT2D eigenvalue weighted by Crippen LogP contribution is 2.26. The van der Waals surface area contributed by atoms with Crippen LogP contribution in [0, 0.1) is 13.8 Å². The summed E-state index contributed by atoms with van der Waals surface area (Å²) in [7, 11) is 3.70. The second-order valence-electron chi connectivity index (χ2n) is 4.68. The van der Waals surface area contributed by atoms with E-state index in [1.54, 1.807) is 4.90 Å². The number of hydrogen-bond donors (Lipinski definition) is 0. The minimum atomic E-state index is -0.479. The number of hydrogen-bond acceptors (Lipinski definition) is 3. The summed E-state index contributed by atoms with van der Waals surface area (Å²) < 4.78 is 0. The summed E-state index contributed by atoms with van der Waals surface area (Å²) in [6.45, 7) is 4.04. The largest absolute Gasteiger partial charge is 0.362 e. The van der Waals surface area contributed by atoms with Gasteiger partial charge in [-0.2, -0.15) is 0 Å². The van der Waals surface area contributed by atoms with E-state index in [1.165, 1.54) is 0 Å². The molecule has 0 aliphatic rings. The number of aryl methyl sites for hydroxylation is 2. The van der Waals surface area contributed by atoms with E-state index in [2.05, 4.69) is 11.1 Å². The van der Waals surface area contributed by atoms with Crippen LogP contribution in [0.2, 0.25) is 0 Å². The topological polar surface area (TPSA) is 33.2 Å². The van der Waals surface area contributed by atoms with Crippen LogP contribution >= 0.6 is 11.6 Å². The van der Waals surface area contributed by atoms with E-state index in [-0.39, 0.29) is 0 Å². The second kappa shape index (κ2) is 4.58. The molecular weight excluding hydrogens is 248 g/mol. The van der Waals surface area contributed by atoms with Gasteiger partial charge in [-0.15, -0.1) is 0 Å². The van der Waals surface area contributed by atoms with E-state index in [1.807, 2.05) is 40.1 Å². The minimum absolute atomic E-state index is 0.444. The predicted molar refractivity (Wildman–Crippen MR) is 75.7 cm³/mol. The van der Waals surface area contributed by atoms with Gasteiger partial charge in [0.25, 0.3) is 5.24 Å². The molecule has 3 nitrogen and oxygen atoms in total. The summed E-state index contributed by atoms with van der Waals surface area (Å²) in [4.78, 5) is 17.8. The molecule has 18 heavy (non-hydrogen) atoms. The molecule has 94 valence electrons. The first-order valence-electron chi connectivity index (χ1n) is 5.69. The van der Waals surface area contributed by atoms with Crippen molar-refractivity contribution in [2.75, 3.05) is 19.0 Å². The summed E-state index contributed by atoms with van der Waals surface area (Å²) in [5.74, 6) is 0.606. The fourth-order valence-corrected chi connectivity index (χ4v) is 2.27. The van der Waals surface area contributed by atoms with E-state index in [0.29, 0.717) is 11.4 Å². The van der Waals surface area contributed by atoms with Crippen molar-refractivity contribution in [1.82, 2.24) is 4.98 Å². The molecule has 0 aliphatic heterocycles. The average Bonchev–Trinajstić information content (AvgIpc) is 2.26. The summed E-state index contributed by atoms with van der Waals surface area (Å²) in [6, 6.07) is 5.90. The SMILES string of the molecule is Cc1cc(C)c2nc(N(C)C)c(C(=O)Cl)cc2c1. The molecule has 0 N–H and O–H groups in total. The maximum absolute atomic E-state index is 11.5. The van der Waals surface area contributed by atoms with E-state index in [0.717, 1.165) is 22.0 Å². The van der Waals surface area contributed by atoms with Gasteiger partial charge in [0.05, 0.1) is 11.1 Å². The van der Waals surface area contributed by atoms with Crippen LogP contribution in [0.4, 0.5) is 5.82 Å². The molecule has 0 fully saturated rings. The van der Waals surface area contributed by atoms with Crippen LogP contribution < -0.4 is 4.90 Å².